The van der Waals surface area contributed by atoms with Crippen molar-refractivity contribution in [3.8, 4) is 0 Å². The van der Waals surface area contributed by atoms with Crippen molar-refractivity contribution in [3.05, 3.63) is 63.9 Å². The van der Waals surface area contributed by atoms with Gasteiger partial charge in [0.1, 0.15) is 5.82 Å². The third kappa shape index (κ3) is 3.83. The average molecular weight is 351 g/mol. The largest absolute Gasteiger partial charge is 0.378 e. The molecule has 2 rings (SSSR count). The van der Waals surface area contributed by atoms with Gasteiger partial charge in [-0.25, -0.2) is 4.39 Å². The van der Waals surface area contributed by atoms with Gasteiger partial charge in [0.05, 0.1) is 4.47 Å². The van der Waals surface area contributed by atoms with E-state index in [2.05, 4.69) is 50.4 Å². The Morgan fingerprint density at radius 3 is 2.38 bits per heavy atom. The maximum Gasteiger partial charge on any atom is 0.137 e. The lowest BCUT2D eigenvalue weighted by molar-refractivity contribution is 0.580. The molecule has 0 aliphatic heterocycles. The fourth-order valence-electron chi connectivity index (χ4n) is 2.32. The fourth-order valence-corrected chi connectivity index (χ4v) is 2.74. The van der Waals surface area contributed by atoms with Crippen molar-refractivity contribution in [2.24, 2.45) is 0 Å². The molecule has 0 aromatic heterocycles. The average Bonchev–Trinajstić information content (AvgIpc) is 2.49. The van der Waals surface area contributed by atoms with Crippen LogP contribution in [-0.4, -0.2) is 21.1 Å². The van der Waals surface area contributed by atoms with E-state index < -0.39 is 0 Å². The minimum absolute atomic E-state index is 0.152. The van der Waals surface area contributed by atoms with Gasteiger partial charge >= 0.3 is 0 Å². The number of benzene rings is 2. The summed E-state index contributed by atoms with van der Waals surface area (Å²) in [6.45, 7) is 0. The summed E-state index contributed by atoms with van der Waals surface area (Å²) in [6, 6.07) is 13.7. The van der Waals surface area contributed by atoms with Gasteiger partial charge in [0.25, 0.3) is 0 Å². The second-order valence-corrected chi connectivity index (χ2v) is 6.04. The van der Waals surface area contributed by atoms with Gasteiger partial charge in [0.2, 0.25) is 0 Å². The molecule has 0 amide bonds. The second-order valence-electron chi connectivity index (χ2n) is 5.24. The van der Waals surface area contributed by atoms with E-state index in [9.17, 15) is 4.39 Å². The van der Waals surface area contributed by atoms with Gasteiger partial charge < -0.3 is 10.2 Å². The van der Waals surface area contributed by atoms with Crippen molar-refractivity contribution in [1.82, 2.24) is 5.32 Å². The molecule has 21 heavy (non-hydrogen) atoms. The van der Waals surface area contributed by atoms with Crippen molar-refractivity contribution in [2.45, 2.75) is 12.5 Å². The Hall–Kier alpha value is -1.39. The summed E-state index contributed by atoms with van der Waals surface area (Å²) in [6.07, 6.45) is 0.732. The molecule has 112 valence electrons. The molecule has 1 unspecified atom stereocenters. The Morgan fingerprint density at radius 2 is 1.81 bits per heavy atom. The van der Waals surface area contributed by atoms with E-state index in [1.165, 1.54) is 17.3 Å². The smallest absolute Gasteiger partial charge is 0.137 e. The number of anilines is 1. The molecular formula is C17H20BrFN2. The summed E-state index contributed by atoms with van der Waals surface area (Å²) in [5.74, 6) is -0.217. The normalized spacial score (nSPS) is 12.2. The molecule has 0 bridgehead atoms. The molecule has 0 saturated heterocycles. The zero-order valence-electron chi connectivity index (χ0n) is 12.5. The summed E-state index contributed by atoms with van der Waals surface area (Å²) in [7, 11) is 5.97. The van der Waals surface area contributed by atoms with Crippen LogP contribution in [0.2, 0.25) is 0 Å². The summed E-state index contributed by atoms with van der Waals surface area (Å²) in [4.78, 5) is 2.07. The minimum atomic E-state index is -0.217. The van der Waals surface area contributed by atoms with Crippen molar-refractivity contribution >= 4 is 21.6 Å². The first-order valence-corrected chi connectivity index (χ1v) is 7.69. The van der Waals surface area contributed by atoms with Crippen LogP contribution in [0.15, 0.2) is 46.9 Å². The Kier molecular flexibility index (Phi) is 5.37. The maximum atomic E-state index is 13.6. The molecule has 2 nitrogen and oxygen atoms in total. The lowest BCUT2D eigenvalue weighted by Crippen LogP contribution is -2.19. The van der Waals surface area contributed by atoms with Crippen molar-refractivity contribution in [2.75, 3.05) is 26.0 Å². The molecule has 1 N–H and O–H groups in total. The summed E-state index contributed by atoms with van der Waals surface area (Å²) < 4.78 is 14.2. The summed E-state index contributed by atoms with van der Waals surface area (Å²) in [5.41, 5.74) is 3.32. The van der Waals surface area contributed by atoms with Gasteiger partial charge in [-0.15, -0.1) is 0 Å². The highest BCUT2D eigenvalue weighted by Gasteiger charge is 2.13. The van der Waals surface area contributed by atoms with E-state index in [1.807, 2.05) is 27.2 Å². The van der Waals surface area contributed by atoms with Crippen LogP contribution >= 0.6 is 15.9 Å². The first-order valence-electron chi connectivity index (χ1n) is 6.90. The third-order valence-electron chi connectivity index (χ3n) is 3.62. The first kappa shape index (κ1) is 16.0. The molecule has 4 heteroatoms. The van der Waals surface area contributed by atoms with Crippen LogP contribution in [-0.2, 0) is 6.42 Å². The predicted molar refractivity (Wildman–Crippen MR) is 90.4 cm³/mol. The molecule has 0 aliphatic carbocycles. The Bertz CT molecular complexity index is 596. The van der Waals surface area contributed by atoms with Gasteiger partial charge in [-0.2, -0.15) is 0 Å². The predicted octanol–water partition coefficient (Wildman–Crippen LogP) is 4.16. The lowest BCUT2D eigenvalue weighted by Gasteiger charge is -2.19. The van der Waals surface area contributed by atoms with Gasteiger partial charge in [-0.3, -0.25) is 0 Å². The standard InChI is InChI=1S/C17H20BrFN2/c1-20-16(11-13-5-4-6-15(19)17(13)18)12-7-9-14(10-8-12)21(2)3/h4-10,16,20H,11H2,1-3H3. The van der Waals surface area contributed by atoms with E-state index >= 15 is 0 Å². The highest BCUT2D eigenvalue weighted by atomic mass is 79.9. The zero-order valence-corrected chi connectivity index (χ0v) is 14.1. The molecule has 1 atom stereocenters. The van der Waals surface area contributed by atoms with E-state index in [4.69, 9.17) is 0 Å². The molecule has 2 aromatic carbocycles. The first-order chi connectivity index (χ1) is 10.0. The van der Waals surface area contributed by atoms with Crippen LogP contribution in [0.5, 0.6) is 0 Å². The van der Waals surface area contributed by atoms with Crippen LogP contribution in [0, 0.1) is 5.82 Å². The van der Waals surface area contributed by atoms with Crippen LogP contribution in [0.1, 0.15) is 17.2 Å². The topological polar surface area (TPSA) is 15.3 Å². The molecule has 0 spiro atoms. The van der Waals surface area contributed by atoms with E-state index in [0.717, 1.165) is 12.0 Å². The lowest BCUT2D eigenvalue weighted by atomic mass is 9.98. The van der Waals surface area contributed by atoms with Crippen LogP contribution in [0.4, 0.5) is 10.1 Å². The Morgan fingerprint density at radius 1 is 1.14 bits per heavy atom. The molecule has 2 aromatic rings. The molecule has 0 aliphatic rings. The van der Waals surface area contributed by atoms with Gasteiger partial charge in [-0.1, -0.05) is 24.3 Å². The van der Waals surface area contributed by atoms with Gasteiger partial charge in [0.15, 0.2) is 0 Å². The number of rotatable bonds is 5. The molecule has 0 radical (unpaired) electrons. The molecular weight excluding hydrogens is 331 g/mol. The monoisotopic (exact) mass is 350 g/mol. The second kappa shape index (κ2) is 7.05. The number of nitrogens with zero attached hydrogens (tertiary/aromatic N) is 1. The maximum absolute atomic E-state index is 13.6. The molecule has 0 heterocycles. The van der Waals surface area contributed by atoms with Crippen LogP contribution in [0.3, 0.4) is 0 Å². The minimum Gasteiger partial charge on any atom is -0.378 e. The van der Waals surface area contributed by atoms with Crippen molar-refractivity contribution < 1.29 is 4.39 Å². The van der Waals surface area contributed by atoms with E-state index in [1.54, 1.807) is 6.07 Å². The van der Waals surface area contributed by atoms with Gasteiger partial charge in [-0.05, 0) is 58.7 Å². The van der Waals surface area contributed by atoms with Crippen molar-refractivity contribution in [3.63, 3.8) is 0 Å². The van der Waals surface area contributed by atoms with E-state index in [0.29, 0.717) is 4.47 Å². The number of hydrogen-bond acceptors (Lipinski definition) is 2. The highest BCUT2D eigenvalue weighted by Crippen LogP contribution is 2.26. The molecule has 0 saturated carbocycles. The number of hydrogen-bond donors (Lipinski definition) is 1. The third-order valence-corrected chi connectivity index (χ3v) is 4.50. The number of nitrogens with one attached hydrogen (secondary N) is 1. The summed E-state index contributed by atoms with van der Waals surface area (Å²) >= 11 is 3.33. The number of halogens is 2. The fraction of sp³-hybridized carbons (Fsp3) is 0.294. The van der Waals surface area contributed by atoms with Crippen molar-refractivity contribution in [1.29, 1.82) is 0 Å². The van der Waals surface area contributed by atoms with Gasteiger partial charge in [0, 0.05) is 25.8 Å². The Balaban J connectivity index is 2.21. The zero-order chi connectivity index (χ0) is 15.4. The molecule has 0 fully saturated rings. The quantitative estimate of drug-likeness (QED) is 0.870. The Labute approximate surface area is 134 Å². The van der Waals surface area contributed by atoms with E-state index in [-0.39, 0.29) is 11.9 Å². The number of likely N-dealkylation sites (N-methyl/N-ethyl adjacent to an activating group) is 1. The van der Waals surface area contributed by atoms with Crippen LogP contribution in [0.25, 0.3) is 0 Å². The highest BCUT2D eigenvalue weighted by molar-refractivity contribution is 9.10. The van der Waals surface area contributed by atoms with Crippen LogP contribution < -0.4 is 10.2 Å². The SMILES string of the molecule is CNC(Cc1cccc(F)c1Br)c1ccc(N(C)C)cc1. The summed E-state index contributed by atoms with van der Waals surface area (Å²) in [5, 5.41) is 3.31.